The van der Waals surface area contributed by atoms with Gasteiger partial charge in [-0.2, -0.15) is 0 Å². The van der Waals surface area contributed by atoms with E-state index in [1.807, 2.05) is 12.1 Å². The molecule has 0 bridgehead atoms. The minimum Gasteiger partial charge on any atom is -0.381 e. The molecular formula is C14H18Cl2N2O2. The van der Waals surface area contributed by atoms with Gasteiger partial charge in [-0.05, 0) is 43.0 Å². The number of amides is 1. The van der Waals surface area contributed by atoms with Crippen LogP contribution in [0, 0.1) is 0 Å². The first kappa shape index (κ1) is 15.6. The Balaban J connectivity index is 1.84. The van der Waals surface area contributed by atoms with Crippen molar-refractivity contribution in [2.75, 3.05) is 19.8 Å². The number of nitrogens with two attached hydrogens (primary N) is 1. The lowest BCUT2D eigenvalue weighted by Crippen LogP contribution is -2.57. The van der Waals surface area contributed by atoms with Gasteiger partial charge in [0.05, 0.1) is 5.54 Å². The van der Waals surface area contributed by atoms with Crippen LogP contribution in [0.15, 0.2) is 18.2 Å². The van der Waals surface area contributed by atoms with Crippen LogP contribution in [-0.2, 0) is 16.0 Å². The second-order valence-corrected chi connectivity index (χ2v) is 5.92. The molecule has 1 aliphatic heterocycles. The number of carbonyl (C=O) groups is 1. The molecule has 1 aromatic carbocycles. The van der Waals surface area contributed by atoms with E-state index in [4.69, 9.17) is 33.7 Å². The zero-order chi connectivity index (χ0) is 14.6. The van der Waals surface area contributed by atoms with Crippen molar-refractivity contribution < 1.29 is 9.53 Å². The highest BCUT2D eigenvalue weighted by Gasteiger charge is 2.35. The minimum absolute atomic E-state index is 0.117. The highest BCUT2D eigenvalue weighted by molar-refractivity contribution is 6.34. The van der Waals surface area contributed by atoms with Crippen LogP contribution in [0.1, 0.15) is 18.4 Å². The summed E-state index contributed by atoms with van der Waals surface area (Å²) in [5.74, 6) is -0.117. The smallest absolute Gasteiger partial charge is 0.240 e. The van der Waals surface area contributed by atoms with Gasteiger partial charge in [0, 0.05) is 29.8 Å². The van der Waals surface area contributed by atoms with E-state index in [-0.39, 0.29) is 5.91 Å². The summed E-state index contributed by atoms with van der Waals surface area (Å²) in [6.07, 6.45) is 1.78. The maximum atomic E-state index is 12.1. The molecule has 1 aliphatic rings. The van der Waals surface area contributed by atoms with Gasteiger partial charge in [0.15, 0.2) is 0 Å². The zero-order valence-corrected chi connectivity index (χ0v) is 12.6. The van der Waals surface area contributed by atoms with Crippen LogP contribution in [0.5, 0.6) is 0 Å². The van der Waals surface area contributed by atoms with E-state index in [2.05, 4.69) is 5.32 Å². The summed E-state index contributed by atoms with van der Waals surface area (Å²) in [6, 6.07) is 5.36. The summed E-state index contributed by atoms with van der Waals surface area (Å²) in [5, 5.41) is 4.07. The van der Waals surface area contributed by atoms with Gasteiger partial charge >= 0.3 is 0 Å². The topological polar surface area (TPSA) is 64.4 Å². The summed E-state index contributed by atoms with van der Waals surface area (Å²) >= 11 is 11.9. The Morgan fingerprint density at radius 1 is 1.25 bits per heavy atom. The molecule has 0 unspecified atom stereocenters. The summed E-state index contributed by atoms with van der Waals surface area (Å²) in [5.41, 5.74) is 6.28. The highest BCUT2D eigenvalue weighted by atomic mass is 35.5. The fraction of sp³-hybridized carbons (Fsp3) is 0.500. The first-order valence-electron chi connectivity index (χ1n) is 6.59. The molecule has 0 spiro atoms. The first-order chi connectivity index (χ1) is 9.49. The molecule has 3 N–H and O–H groups in total. The van der Waals surface area contributed by atoms with Gasteiger partial charge in [-0.15, -0.1) is 0 Å². The fourth-order valence-electron chi connectivity index (χ4n) is 2.21. The third-order valence-electron chi connectivity index (χ3n) is 3.46. The fourth-order valence-corrected chi connectivity index (χ4v) is 2.79. The van der Waals surface area contributed by atoms with Gasteiger partial charge in [0.2, 0.25) is 5.91 Å². The third-order valence-corrected chi connectivity index (χ3v) is 3.90. The lowest BCUT2D eigenvalue weighted by molar-refractivity contribution is -0.129. The van der Waals surface area contributed by atoms with Crippen molar-refractivity contribution in [1.29, 1.82) is 0 Å². The summed E-state index contributed by atoms with van der Waals surface area (Å²) in [4.78, 5) is 12.1. The van der Waals surface area contributed by atoms with E-state index < -0.39 is 5.54 Å². The normalized spacial score (nSPS) is 17.8. The number of ether oxygens (including phenoxy) is 1. The Morgan fingerprint density at radius 3 is 2.45 bits per heavy atom. The molecule has 0 atom stereocenters. The second-order valence-electron chi connectivity index (χ2n) is 5.05. The molecule has 1 saturated heterocycles. The second kappa shape index (κ2) is 6.76. The van der Waals surface area contributed by atoms with Crippen molar-refractivity contribution in [3.8, 4) is 0 Å². The van der Waals surface area contributed by atoms with E-state index in [0.717, 1.165) is 5.56 Å². The largest absolute Gasteiger partial charge is 0.381 e. The number of hydrogen-bond donors (Lipinski definition) is 2. The number of carbonyl (C=O) groups excluding carboxylic acids is 1. The molecule has 6 heteroatoms. The standard InChI is InChI=1S/C14H18Cl2N2O2/c15-11-7-10(8-12(16)9-11)1-4-18-13(19)14(17)2-5-20-6-3-14/h7-9H,1-6,17H2,(H,18,19). The van der Waals surface area contributed by atoms with Crippen molar-refractivity contribution >= 4 is 29.1 Å². The molecular weight excluding hydrogens is 299 g/mol. The van der Waals surface area contributed by atoms with Crippen LogP contribution in [0.25, 0.3) is 0 Å². The lowest BCUT2D eigenvalue weighted by atomic mass is 9.90. The van der Waals surface area contributed by atoms with Crippen LogP contribution < -0.4 is 11.1 Å². The van der Waals surface area contributed by atoms with Gasteiger partial charge in [-0.1, -0.05) is 23.2 Å². The van der Waals surface area contributed by atoms with Crippen LogP contribution >= 0.6 is 23.2 Å². The van der Waals surface area contributed by atoms with E-state index in [9.17, 15) is 4.79 Å². The van der Waals surface area contributed by atoms with Crippen LogP contribution in [0.4, 0.5) is 0 Å². The molecule has 0 aliphatic carbocycles. The van der Waals surface area contributed by atoms with Gasteiger partial charge in [-0.25, -0.2) is 0 Å². The Labute approximate surface area is 128 Å². The minimum atomic E-state index is -0.801. The van der Waals surface area contributed by atoms with Crippen LogP contribution in [0.3, 0.4) is 0 Å². The quantitative estimate of drug-likeness (QED) is 0.894. The average molecular weight is 317 g/mol. The van der Waals surface area contributed by atoms with Gasteiger partial charge in [0.1, 0.15) is 0 Å². The lowest BCUT2D eigenvalue weighted by Gasteiger charge is -2.31. The number of nitrogens with one attached hydrogen (secondary N) is 1. The van der Waals surface area contributed by atoms with Crippen molar-refractivity contribution in [2.24, 2.45) is 5.73 Å². The van der Waals surface area contributed by atoms with Crippen LogP contribution in [-0.4, -0.2) is 31.2 Å². The van der Waals surface area contributed by atoms with Crippen LogP contribution in [0.2, 0.25) is 10.0 Å². The maximum Gasteiger partial charge on any atom is 0.240 e. The Bertz CT molecular complexity index is 468. The molecule has 110 valence electrons. The SMILES string of the molecule is NC1(C(=O)NCCc2cc(Cl)cc(Cl)c2)CCOCC1. The Kier molecular flexibility index (Phi) is 5.27. The maximum absolute atomic E-state index is 12.1. The van der Waals surface area contributed by atoms with Gasteiger partial charge < -0.3 is 15.8 Å². The Morgan fingerprint density at radius 2 is 1.85 bits per heavy atom. The molecule has 1 amide bonds. The summed E-state index contributed by atoms with van der Waals surface area (Å²) < 4.78 is 5.23. The summed E-state index contributed by atoms with van der Waals surface area (Å²) in [6.45, 7) is 1.58. The summed E-state index contributed by atoms with van der Waals surface area (Å²) in [7, 11) is 0. The van der Waals surface area contributed by atoms with Crippen molar-refractivity contribution in [1.82, 2.24) is 5.32 Å². The molecule has 0 saturated carbocycles. The number of benzene rings is 1. The molecule has 2 rings (SSSR count). The molecule has 0 radical (unpaired) electrons. The molecule has 1 fully saturated rings. The van der Waals surface area contributed by atoms with Gasteiger partial charge in [-0.3, -0.25) is 4.79 Å². The number of rotatable bonds is 4. The molecule has 0 aromatic heterocycles. The molecule has 20 heavy (non-hydrogen) atoms. The van der Waals surface area contributed by atoms with Gasteiger partial charge in [0.25, 0.3) is 0 Å². The van der Waals surface area contributed by atoms with E-state index in [1.165, 1.54) is 0 Å². The third kappa shape index (κ3) is 4.09. The predicted octanol–water partition coefficient (Wildman–Crippen LogP) is 2.16. The van der Waals surface area contributed by atoms with E-state index in [0.29, 0.717) is 49.1 Å². The average Bonchev–Trinajstić information content (AvgIpc) is 2.38. The predicted molar refractivity (Wildman–Crippen MR) is 80.1 cm³/mol. The Hall–Kier alpha value is -0.810. The highest BCUT2D eigenvalue weighted by Crippen LogP contribution is 2.20. The van der Waals surface area contributed by atoms with E-state index in [1.54, 1.807) is 6.07 Å². The first-order valence-corrected chi connectivity index (χ1v) is 7.35. The zero-order valence-electron chi connectivity index (χ0n) is 11.1. The monoisotopic (exact) mass is 316 g/mol. The number of halogens is 2. The van der Waals surface area contributed by atoms with Crippen molar-refractivity contribution in [3.63, 3.8) is 0 Å². The van der Waals surface area contributed by atoms with Crippen molar-refractivity contribution in [3.05, 3.63) is 33.8 Å². The molecule has 1 heterocycles. The number of hydrogen-bond acceptors (Lipinski definition) is 3. The van der Waals surface area contributed by atoms with E-state index >= 15 is 0 Å². The molecule has 1 aromatic rings. The molecule has 4 nitrogen and oxygen atoms in total. The van der Waals surface area contributed by atoms with Crippen molar-refractivity contribution in [2.45, 2.75) is 24.8 Å².